The zero-order valence-electron chi connectivity index (χ0n) is 18.1. The van der Waals surface area contributed by atoms with Crippen molar-refractivity contribution in [2.24, 2.45) is 0 Å². The maximum atomic E-state index is 12.7. The SMILES string of the molecule is COc1ccc(C(=O)NCC2Cc3cc(-c4nc(C)cnc4C)ccc3O2)c(OC)c1. The number of amides is 1. The minimum atomic E-state index is -0.217. The Bertz CT molecular complexity index is 1130. The van der Waals surface area contributed by atoms with Gasteiger partial charge in [-0.05, 0) is 49.7 Å². The number of carbonyl (C=O) groups excluding carboxylic acids is 1. The number of benzene rings is 2. The average molecular weight is 419 g/mol. The molecule has 7 nitrogen and oxygen atoms in total. The van der Waals surface area contributed by atoms with Gasteiger partial charge in [-0.3, -0.25) is 9.78 Å². The van der Waals surface area contributed by atoms with Crippen LogP contribution in [0.2, 0.25) is 0 Å². The number of methoxy groups -OCH3 is 2. The smallest absolute Gasteiger partial charge is 0.255 e. The lowest BCUT2D eigenvalue weighted by Gasteiger charge is -2.14. The number of hydrogen-bond donors (Lipinski definition) is 1. The Balaban J connectivity index is 1.43. The maximum Gasteiger partial charge on any atom is 0.255 e. The molecule has 2 heterocycles. The summed E-state index contributed by atoms with van der Waals surface area (Å²) in [4.78, 5) is 21.7. The van der Waals surface area contributed by atoms with E-state index in [1.54, 1.807) is 31.5 Å². The summed E-state index contributed by atoms with van der Waals surface area (Å²) < 4.78 is 16.5. The summed E-state index contributed by atoms with van der Waals surface area (Å²) in [6, 6.07) is 11.2. The van der Waals surface area contributed by atoms with E-state index in [-0.39, 0.29) is 12.0 Å². The number of nitrogens with one attached hydrogen (secondary N) is 1. The van der Waals surface area contributed by atoms with Crippen molar-refractivity contribution < 1.29 is 19.0 Å². The molecule has 0 aliphatic carbocycles. The van der Waals surface area contributed by atoms with Crippen LogP contribution in [0.3, 0.4) is 0 Å². The number of rotatable bonds is 6. The van der Waals surface area contributed by atoms with Gasteiger partial charge in [0.2, 0.25) is 0 Å². The van der Waals surface area contributed by atoms with E-state index in [2.05, 4.69) is 21.4 Å². The zero-order chi connectivity index (χ0) is 22.0. The Kier molecular flexibility index (Phi) is 5.75. The number of aryl methyl sites for hydroxylation is 2. The molecule has 4 rings (SSSR count). The number of fused-ring (bicyclic) bond motifs is 1. The van der Waals surface area contributed by atoms with Crippen LogP contribution >= 0.6 is 0 Å². The van der Waals surface area contributed by atoms with E-state index < -0.39 is 0 Å². The number of carbonyl (C=O) groups is 1. The number of aromatic nitrogens is 2. The normalized spacial score (nSPS) is 14.5. The summed E-state index contributed by atoms with van der Waals surface area (Å²) in [5.41, 5.74) is 5.22. The average Bonchev–Trinajstić information content (AvgIpc) is 3.20. The van der Waals surface area contributed by atoms with Crippen LogP contribution in [0.25, 0.3) is 11.3 Å². The fourth-order valence-electron chi connectivity index (χ4n) is 3.68. The number of nitrogens with zero attached hydrogens (tertiary/aromatic N) is 2. The van der Waals surface area contributed by atoms with Crippen LogP contribution in [-0.4, -0.2) is 42.7 Å². The molecule has 2 aromatic carbocycles. The third-order valence-electron chi connectivity index (χ3n) is 5.29. The summed E-state index contributed by atoms with van der Waals surface area (Å²) in [6.07, 6.45) is 2.34. The highest BCUT2D eigenvalue weighted by atomic mass is 16.5. The quantitative estimate of drug-likeness (QED) is 0.658. The van der Waals surface area contributed by atoms with E-state index in [9.17, 15) is 4.79 Å². The second-order valence-electron chi connectivity index (χ2n) is 7.49. The zero-order valence-corrected chi connectivity index (χ0v) is 18.1. The molecule has 160 valence electrons. The summed E-state index contributed by atoms with van der Waals surface area (Å²) in [5.74, 6) is 1.72. The fraction of sp³-hybridized carbons (Fsp3) is 0.292. The molecule has 3 aromatic rings. The minimum absolute atomic E-state index is 0.136. The Hall–Kier alpha value is -3.61. The van der Waals surface area contributed by atoms with E-state index in [0.717, 1.165) is 34.0 Å². The topological polar surface area (TPSA) is 82.6 Å². The van der Waals surface area contributed by atoms with Gasteiger partial charge in [0.25, 0.3) is 5.91 Å². The maximum absolute atomic E-state index is 12.7. The van der Waals surface area contributed by atoms with E-state index in [1.165, 1.54) is 7.11 Å². The highest BCUT2D eigenvalue weighted by Gasteiger charge is 2.25. The molecule has 0 spiro atoms. The molecule has 7 heteroatoms. The van der Waals surface area contributed by atoms with Crippen LogP contribution < -0.4 is 19.5 Å². The molecular weight excluding hydrogens is 394 g/mol. The molecule has 1 aliphatic rings. The van der Waals surface area contributed by atoms with Gasteiger partial charge in [0.1, 0.15) is 23.4 Å². The highest BCUT2D eigenvalue weighted by molar-refractivity contribution is 5.97. The number of ether oxygens (including phenoxy) is 3. The van der Waals surface area contributed by atoms with E-state index >= 15 is 0 Å². The van der Waals surface area contributed by atoms with Crippen molar-refractivity contribution >= 4 is 5.91 Å². The lowest BCUT2D eigenvalue weighted by Crippen LogP contribution is -2.34. The molecule has 0 bridgehead atoms. The predicted octanol–water partition coefficient (Wildman–Crippen LogP) is 3.51. The fourth-order valence-corrected chi connectivity index (χ4v) is 3.68. The van der Waals surface area contributed by atoms with E-state index in [4.69, 9.17) is 14.2 Å². The van der Waals surface area contributed by atoms with Gasteiger partial charge in [0, 0.05) is 24.2 Å². The van der Waals surface area contributed by atoms with Crippen molar-refractivity contribution in [3.63, 3.8) is 0 Å². The molecular formula is C24H25N3O4. The first-order chi connectivity index (χ1) is 15.0. The van der Waals surface area contributed by atoms with Gasteiger partial charge >= 0.3 is 0 Å². The monoisotopic (exact) mass is 419 g/mol. The molecule has 0 radical (unpaired) electrons. The standard InChI is InChI=1S/C24H25N3O4/c1-14-12-25-15(2)23(27-14)16-5-8-21-17(9-16)10-19(31-21)13-26-24(28)20-7-6-18(29-3)11-22(20)30-4/h5-9,11-12,19H,10,13H2,1-4H3,(H,26,28). The Morgan fingerprint density at radius 2 is 2.00 bits per heavy atom. The Labute approximate surface area is 181 Å². The van der Waals surface area contributed by atoms with E-state index in [1.807, 2.05) is 26.0 Å². The van der Waals surface area contributed by atoms with Gasteiger partial charge in [0.15, 0.2) is 0 Å². The largest absolute Gasteiger partial charge is 0.497 e. The third-order valence-corrected chi connectivity index (χ3v) is 5.29. The van der Waals surface area contributed by atoms with Crippen LogP contribution in [0, 0.1) is 13.8 Å². The molecule has 0 fully saturated rings. The van der Waals surface area contributed by atoms with Crippen LogP contribution in [-0.2, 0) is 6.42 Å². The first-order valence-corrected chi connectivity index (χ1v) is 10.1. The van der Waals surface area contributed by atoms with Crippen LogP contribution in [0.1, 0.15) is 27.3 Å². The molecule has 1 atom stereocenters. The summed E-state index contributed by atoms with van der Waals surface area (Å²) >= 11 is 0. The van der Waals surface area contributed by atoms with Crippen LogP contribution in [0.5, 0.6) is 17.2 Å². The first kappa shape index (κ1) is 20.7. The van der Waals surface area contributed by atoms with Gasteiger partial charge in [0.05, 0.1) is 43.4 Å². The second kappa shape index (κ2) is 8.63. The Morgan fingerprint density at radius 3 is 2.77 bits per heavy atom. The Morgan fingerprint density at radius 1 is 1.16 bits per heavy atom. The van der Waals surface area contributed by atoms with Crippen molar-refractivity contribution in [2.75, 3.05) is 20.8 Å². The molecule has 1 unspecified atom stereocenters. The van der Waals surface area contributed by atoms with Gasteiger partial charge in [-0.25, -0.2) is 4.98 Å². The van der Waals surface area contributed by atoms with Crippen LogP contribution in [0.4, 0.5) is 0 Å². The summed E-state index contributed by atoms with van der Waals surface area (Å²) in [6.45, 7) is 4.28. The third kappa shape index (κ3) is 4.30. The molecule has 1 aromatic heterocycles. The highest BCUT2D eigenvalue weighted by Crippen LogP contribution is 2.33. The molecule has 0 saturated carbocycles. The summed E-state index contributed by atoms with van der Waals surface area (Å²) in [5, 5.41) is 2.94. The van der Waals surface area contributed by atoms with Gasteiger partial charge in [-0.1, -0.05) is 0 Å². The molecule has 1 N–H and O–H groups in total. The minimum Gasteiger partial charge on any atom is -0.497 e. The molecule has 0 saturated heterocycles. The molecule has 1 aliphatic heterocycles. The second-order valence-corrected chi connectivity index (χ2v) is 7.49. The number of hydrogen-bond acceptors (Lipinski definition) is 6. The lowest BCUT2D eigenvalue weighted by molar-refractivity contribution is 0.0930. The summed E-state index contributed by atoms with van der Waals surface area (Å²) in [7, 11) is 3.10. The van der Waals surface area contributed by atoms with E-state index in [0.29, 0.717) is 30.0 Å². The van der Waals surface area contributed by atoms with Crippen molar-refractivity contribution in [2.45, 2.75) is 26.4 Å². The van der Waals surface area contributed by atoms with Crippen molar-refractivity contribution in [1.29, 1.82) is 0 Å². The lowest BCUT2D eigenvalue weighted by atomic mass is 10.0. The molecule has 1 amide bonds. The van der Waals surface area contributed by atoms with Crippen LogP contribution in [0.15, 0.2) is 42.6 Å². The van der Waals surface area contributed by atoms with Gasteiger partial charge in [-0.2, -0.15) is 0 Å². The predicted molar refractivity (Wildman–Crippen MR) is 117 cm³/mol. The van der Waals surface area contributed by atoms with Crippen molar-refractivity contribution in [3.05, 3.63) is 65.1 Å². The van der Waals surface area contributed by atoms with Crippen molar-refractivity contribution in [3.8, 4) is 28.5 Å². The van der Waals surface area contributed by atoms with Crippen molar-refractivity contribution in [1.82, 2.24) is 15.3 Å². The van der Waals surface area contributed by atoms with Gasteiger partial charge < -0.3 is 19.5 Å². The first-order valence-electron chi connectivity index (χ1n) is 10.1. The van der Waals surface area contributed by atoms with Gasteiger partial charge in [-0.15, -0.1) is 0 Å². The molecule has 31 heavy (non-hydrogen) atoms.